The van der Waals surface area contributed by atoms with Crippen molar-refractivity contribution in [3.63, 3.8) is 0 Å². The lowest BCUT2D eigenvalue weighted by Crippen LogP contribution is -2.31. The van der Waals surface area contributed by atoms with Gasteiger partial charge in [-0.05, 0) is 61.7 Å². The number of hydrogen-bond acceptors (Lipinski definition) is 3. The van der Waals surface area contributed by atoms with Crippen molar-refractivity contribution in [2.24, 2.45) is 0 Å². The molecular weight excluding hydrogens is 430 g/mol. The molecule has 1 aromatic heterocycles. The van der Waals surface area contributed by atoms with E-state index in [9.17, 15) is 18.4 Å². The second kappa shape index (κ2) is 8.53. The van der Waals surface area contributed by atoms with Gasteiger partial charge in [0.1, 0.15) is 11.6 Å². The Hall–Kier alpha value is -2.77. The Bertz CT molecular complexity index is 1090. The molecule has 0 saturated carbocycles. The number of hydrogen-bond donors (Lipinski definition) is 1. The van der Waals surface area contributed by atoms with Gasteiger partial charge in [0.15, 0.2) is 0 Å². The summed E-state index contributed by atoms with van der Waals surface area (Å²) in [7, 11) is 0. The van der Waals surface area contributed by atoms with Crippen LogP contribution in [0.4, 0.5) is 20.2 Å². The largest absolute Gasteiger partial charge is 0.322 e. The third-order valence-corrected chi connectivity index (χ3v) is 6.16. The summed E-state index contributed by atoms with van der Waals surface area (Å²) in [6, 6.07) is 10.8. The van der Waals surface area contributed by atoms with E-state index in [1.165, 1.54) is 11.3 Å². The number of carbonyl (C=O) groups is 2. The van der Waals surface area contributed by atoms with E-state index in [1.807, 2.05) is 6.07 Å². The Morgan fingerprint density at radius 2 is 1.67 bits per heavy atom. The third-order valence-electron chi connectivity index (χ3n) is 4.84. The van der Waals surface area contributed by atoms with Crippen LogP contribution in [0.1, 0.15) is 38.4 Å². The molecule has 1 aliphatic rings. The molecule has 0 unspecified atom stereocenters. The van der Waals surface area contributed by atoms with Crippen LogP contribution in [0.2, 0.25) is 4.34 Å². The Morgan fingerprint density at radius 3 is 2.37 bits per heavy atom. The van der Waals surface area contributed by atoms with Gasteiger partial charge in [-0.1, -0.05) is 11.6 Å². The predicted molar refractivity (Wildman–Crippen MR) is 115 cm³/mol. The fourth-order valence-electron chi connectivity index (χ4n) is 3.42. The Morgan fingerprint density at radius 1 is 0.967 bits per heavy atom. The number of anilines is 2. The van der Waals surface area contributed by atoms with Crippen LogP contribution in [0, 0.1) is 11.6 Å². The van der Waals surface area contributed by atoms with E-state index in [0.29, 0.717) is 28.2 Å². The van der Waals surface area contributed by atoms with Crippen LogP contribution >= 0.6 is 22.9 Å². The number of rotatable bonds is 3. The molecule has 0 saturated heterocycles. The van der Waals surface area contributed by atoms with Gasteiger partial charge in [0, 0.05) is 34.3 Å². The molecule has 154 valence electrons. The summed E-state index contributed by atoms with van der Waals surface area (Å²) in [5.74, 6) is -2.44. The molecule has 2 amide bonds. The molecule has 4 nitrogen and oxygen atoms in total. The van der Waals surface area contributed by atoms with E-state index in [2.05, 4.69) is 5.32 Å². The Kier molecular flexibility index (Phi) is 5.83. The van der Waals surface area contributed by atoms with Gasteiger partial charge in [0.25, 0.3) is 11.8 Å². The average Bonchev–Trinajstić information content (AvgIpc) is 2.96. The van der Waals surface area contributed by atoms with E-state index in [1.54, 1.807) is 29.2 Å². The highest BCUT2D eigenvalue weighted by Gasteiger charge is 2.24. The van der Waals surface area contributed by atoms with Crippen LogP contribution in [-0.4, -0.2) is 18.4 Å². The van der Waals surface area contributed by atoms with Gasteiger partial charge in [-0.2, -0.15) is 0 Å². The van der Waals surface area contributed by atoms with Crippen LogP contribution < -0.4 is 10.2 Å². The fourth-order valence-corrected chi connectivity index (χ4v) is 4.73. The van der Waals surface area contributed by atoms with Crippen molar-refractivity contribution in [3.8, 4) is 0 Å². The summed E-state index contributed by atoms with van der Waals surface area (Å²) in [6.07, 6.45) is 2.81. The SMILES string of the molecule is O=C(Nc1ccc(C(=O)N2CCCCc3sc(Cl)cc32)cc1)c1cc(F)cc(F)c1. The molecule has 0 aliphatic carbocycles. The van der Waals surface area contributed by atoms with Crippen molar-refractivity contribution in [2.45, 2.75) is 19.3 Å². The zero-order valence-corrected chi connectivity index (χ0v) is 17.3. The third kappa shape index (κ3) is 4.37. The number of benzene rings is 2. The van der Waals surface area contributed by atoms with E-state index in [4.69, 9.17) is 11.6 Å². The van der Waals surface area contributed by atoms with E-state index in [-0.39, 0.29) is 11.5 Å². The van der Waals surface area contributed by atoms with Crippen LogP contribution in [0.25, 0.3) is 0 Å². The normalized spacial score (nSPS) is 13.5. The highest BCUT2D eigenvalue weighted by Crippen LogP contribution is 2.37. The van der Waals surface area contributed by atoms with Gasteiger partial charge < -0.3 is 10.2 Å². The summed E-state index contributed by atoms with van der Waals surface area (Å²) in [6.45, 7) is 0.614. The molecule has 1 aliphatic heterocycles. The number of amides is 2. The van der Waals surface area contributed by atoms with Crippen LogP contribution in [0.5, 0.6) is 0 Å². The second-order valence-electron chi connectivity index (χ2n) is 6.96. The predicted octanol–water partition coefficient (Wildman–Crippen LogP) is 5.92. The average molecular weight is 447 g/mol. The quantitative estimate of drug-likeness (QED) is 0.543. The van der Waals surface area contributed by atoms with E-state index >= 15 is 0 Å². The van der Waals surface area contributed by atoms with Crippen molar-refractivity contribution in [1.29, 1.82) is 0 Å². The summed E-state index contributed by atoms with van der Waals surface area (Å²) < 4.78 is 27.3. The molecule has 2 heterocycles. The second-order valence-corrected chi connectivity index (χ2v) is 8.73. The van der Waals surface area contributed by atoms with Crippen LogP contribution in [-0.2, 0) is 6.42 Å². The number of carbonyl (C=O) groups excluding carboxylic acids is 2. The maximum Gasteiger partial charge on any atom is 0.258 e. The molecule has 1 N–H and O–H groups in total. The lowest BCUT2D eigenvalue weighted by molar-refractivity contribution is 0.0986. The van der Waals surface area contributed by atoms with Gasteiger partial charge >= 0.3 is 0 Å². The number of fused-ring (bicyclic) bond motifs is 1. The topological polar surface area (TPSA) is 49.4 Å². The van der Waals surface area contributed by atoms with Crippen molar-refractivity contribution >= 4 is 46.1 Å². The van der Waals surface area contributed by atoms with Gasteiger partial charge in [-0.3, -0.25) is 9.59 Å². The van der Waals surface area contributed by atoms with Crippen LogP contribution in [0.3, 0.4) is 0 Å². The molecule has 0 fully saturated rings. The molecule has 3 aromatic rings. The van der Waals surface area contributed by atoms with E-state index < -0.39 is 17.5 Å². The number of nitrogens with one attached hydrogen (secondary N) is 1. The van der Waals surface area contributed by atoms with Crippen molar-refractivity contribution < 1.29 is 18.4 Å². The van der Waals surface area contributed by atoms with Crippen LogP contribution in [0.15, 0.2) is 48.5 Å². The molecule has 0 bridgehead atoms. The maximum atomic E-state index is 13.3. The van der Waals surface area contributed by atoms with E-state index in [0.717, 1.165) is 42.0 Å². The first-order chi connectivity index (χ1) is 14.4. The maximum absolute atomic E-state index is 13.3. The highest BCUT2D eigenvalue weighted by atomic mass is 35.5. The smallest absolute Gasteiger partial charge is 0.258 e. The first-order valence-corrected chi connectivity index (χ1v) is 10.6. The number of nitrogens with zero attached hydrogens (tertiary/aromatic N) is 1. The minimum atomic E-state index is -0.827. The van der Waals surface area contributed by atoms with Crippen molar-refractivity contribution in [1.82, 2.24) is 0 Å². The molecule has 30 heavy (non-hydrogen) atoms. The van der Waals surface area contributed by atoms with Gasteiger partial charge in [0.05, 0.1) is 10.0 Å². The van der Waals surface area contributed by atoms with Gasteiger partial charge in [0.2, 0.25) is 0 Å². The summed E-state index contributed by atoms with van der Waals surface area (Å²) in [4.78, 5) is 28.2. The minimum Gasteiger partial charge on any atom is -0.322 e. The first-order valence-electron chi connectivity index (χ1n) is 9.38. The minimum absolute atomic E-state index is 0.126. The standard InChI is InChI=1S/C22H17ClF2N2O2S/c23-20-12-18-19(30-20)3-1-2-8-27(18)22(29)13-4-6-17(7-5-13)26-21(28)14-9-15(24)11-16(25)10-14/h4-7,9-12H,1-3,8H2,(H,26,28). The number of thiophene rings is 1. The number of aryl methyl sites for hydroxylation is 1. The zero-order chi connectivity index (χ0) is 21.3. The molecule has 2 aromatic carbocycles. The summed E-state index contributed by atoms with van der Waals surface area (Å²) in [5.41, 5.74) is 1.62. The monoisotopic (exact) mass is 446 g/mol. The molecule has 0 atom stereocenters. The number of halogens is 3. The van der Waals surface area contributed by atoms with Gasteiger partial charge in [-0.15, -0.1) is 11.3 Å². The molecule has 4 rings (SSSR count). The first kappa shape index (κ1) is 20.5. The van der Waals surface area contributed by atoms with Crippen molar-refractivity contribution in [2.75, 3.05) is 16.8 Å². The lowest BCUT2D eigenvalue weighted by Gasteiger charge is -2.21. The molecular formula is C22H17ClF2N2O2S. The van der Waals surface area contributed by atoms with Gasteiger partial charge in [-0.25, -0.2) is 8.78 Å². The zero-order valence-electron chi connectivity index (χ0n) is 15.8. The molecule has 0 spiro atoms. The van der Waals surface area contributed by atoms with Crippen molar-refractivity contribution in [3.05, 3.63) is 80.5 Å². The molecule has 0 radical (unpaired) electrons. The lowest BCUT2D eigenvalue weighted by atomic mass is 10.1. The summed E-state index contributed by atoms with van der Waals surface area (Å²) >= 11 is 7.65. The summed E-state index contributed by atoms with van der Waals surface area (Å²) in [5, 5.41) is 2.57. The highest BCUT2D eigenvalue weighted by molar-refractivity contribution is 7.16. The Balaban J connectivity index is 1.51. The fraction of sp³-hybridized carbons (Fsp3) is 0.182. The molecule has 8 heteroatoms. The Labute approximate surface area is 181 Å².